The molecule has 0 bridgehead atoms. The molecule has 0 saturated heterocycles. The van der Waals surface area contributed by atoms with Gasteiger partial charge in [0.15, 0.2) is 0 Å². The van der Waals surface area contributed by atoms with Gasteiger partial charge in [0.25, 0.3) is 0 Å². The summed E-state index contributed by atoms with van der Waals surface area (Å²) < 4.78 is 0. The second-order valence-electron chi connectivity index (χ2n) is 3.64. The van der Waals surface area contributed by atoms with Crippen molar-refractivity contribution in [2.24, 2.45) is 0 Å². The minimum atomic E-state index is -0.0962. The molecule has 0 aromatic carbocycles. The van der Waals surface area contributed by atoms with Gasteiger partial charge in [-0.15, -0.1) is 0 Å². The summed E-state index contributed by atoms with van der Waals surface area (Å²) in [4.78, 5) is 15.3. The normalized spacial score (nSPS) is 11.5. The zero-order valence-corrected chi connectivity index (χ0v) is 9.81. The van der Waals surface area contributed by atoms with Crippen LogP contribution in [0, 0.1) is 11.3 Å². The minimum Gasteiger partial charge on any atom is -0.354 e. The molecule has 0 unspecified atom stereocenters. The summed E-state index contributed by atoms with van der Waals surface area (Å²) in [5, 5.41) is 14.1. The number of rotatable bonds is 6. The molecular weight excluding hydrogens is 216 g/mol. The maximum absolute atomic E-state index is 11.4. The van der Waals surface area contributed by atoms with Crippen molar-refractivity contribution < 1.29 is 4.79 Å². The van der Waals surface area contributed by atoms with Crippen LogP contribution in [0.1, 0.15) is 24.9 Å². The average molecular weight is 232 g/mol. The van der Waals surface area contributed by atoms with E-state index >= 15 is 0 Å². The van der Waals surface area contributed by atoms with Gasteiger partial charge in [0.2, 0.25) is 5.91 Å². The average Bonchev–Trinajstić information content (AvgIpc) is 2.37. The fraction of sp³-hybridized carbons (Fsp3) is 0.417. The van der Waals surface area contributed by atoms with Crippen molar-refractivity contribution in [2.45, 2.75) is 19.4 Å². The topological polar surface area (TPSA) is 77.8 Å². The maximum Gasteiger partial charge on any atom is 0.234 e. The molecule has 0 radical (unpaired) electrons. The largest absolute Gasteiger partial charge is 0.354 e. The number of hydrogen-bond donors (Lipinski definition) is 2. The predicted molar refractivity (Wildman–Crippen MR) is 63.9 cm³/mol. The van der Waals surface area contributed by atoms with Crippen molar-refractivity contribution in [3.63, 3.8) is 0 Å². The molecular formula is C12H16N4O. The van der Waals surface area contributed by atoms with Crippen LogP contribution in [0.2, 0.25) is 0 Å². The number of hydrogen-bond acceptors (Lipinski definition) is 4. The van der Waals surface area contributed by atoms with E-state index in [1.54, 1.807) is 12.4 Å². The Kier molecular flexibility index (Phi) is 5.69. The molecule has 0 aliphatic heterocycles. The van der Waals surface area contributed by atoms with Crippen molar-refractivity contribution in [3.05, 3.63) is 30.1 Å². The van der Waals surface area contributed by atoms with Crippen LogP contribution in [0.25, 0.3) is 0 Å². The Morgan fingerprint density at radius 1 is 1.53 bits per heavy atom. The molecule has 0 aliphatic rings. The molecule has 0 spiro atoms. The summed E-state index contributed by atoms with van der Waals surface area (Å²) in [6, 6.07) is 5.88. The lowest BCUT2D eigenvalue weighted by Gasteiger charge is -2.13. The van der Waals surface area contributed by atoms with E-state index in [4.69, 9.17) is 5.26 Å². The number of carbonyl (C=O) groups excluding carboxylic acids is 1. The highest BCUT2D eigenvalue weighted by atomic mass is 16.1. The van der Waals surface area contributed by atoms with Crippen molar-refractivity contribution >= 4 is 5.91 Å². The second-order valence-corrected chi connectivity index (χ2v) is 3.64. The molecule has 1 amide bonds. The molecule has 1 aromatic heterocycles. The fourth-order valence-corrected chi connectivity index (χ4v) is 1.34. The Bertz CT molecular complexity index is 385. The number of nitrogens with one attached hydrogen (secondary N) is 2. The van der Waals surface area contributed by atoms with E-state index in [0.717, 1.165) is 5.56 Å². The molecule has 2 N–H and O–H groups in total. The third-order valence-corrected chi connectivity index (χ3v) is 2.33. The highest BCUT2D eigenvalue weighted by Crippen LogP contribution is 2.09. The van der Waals surface area contributed by atoms with Crippen molar-refractivity contribution in [1.82, 2.24) is 15.6 Å². The number of carbonyl (C=O) groups is 1. The number of nitriles is 1. The Morgan fingerprint density at radius 3 is 2.88 bits per heavy atom. The van der Waals surface area contributed by atoms with Gasteiger partial charge >= 0.3 is 0 Å². The van der Waals surface area contributed by atoms with Gasteiger partial charge in [-0.1, -0.05) is 0 Å². The molecule has 0 saturated carbocycles. The first-order valence-corrected chi connectivity index (χ1v) is 5.51. The van der Waals surface area contributed by atoms with Gasteiger partial charge in [0.05, 0.1) is 19.0 Å². The van der Waals surface area contributed by atoms with Gasteiger partial charge in [-0.2, -0.15) is 5.26 Å². The molecule has 90 valence electrons. The van der Waals surface area contributed by atoms with E-state index in [-0.39, 0.29) is 18.5 Å². The number of nitrogens with zero attached hydrogens (tertiary/aromatic N) is 2. The number of amides is 1. The van der Waals surface area contributed by atoms with Crippen LogP contribution in [-0.4, -0.2) is 24.0 Å². The lowest BCUT2D eigenvalue weighted by Crippen LogP contribution is -2.35. The van der Waals surface area contributed by atoms with E-state index in [2.05, 4.69) is 15.6 Å². The van der Waals surface area contributed by atoms with Gasteiger partial charge in [-0.25, -0.2) is 0 Å². The minimum absolute atomic E-state index is 0.0962. The Hall–Kier alpha value is -1.93. The summed E-state index contributed by atoms with van der Waals surface area (Å²) in [5.41, 5.74) is 1.09. The molecule has 0 aliphatic carbocycles. The van der Waals surface area contributed by atoms with Gasteiger partial charge in [-0.3, -0.25) is 9.78 Å². The van der Waals surface area contributed by atoms with Crippen LogP contribution in [0.15, 0.2) is 24.5 Å². The van der Waals surface area contributed by atoms with E-state index < -0.39 is 0 Å². The van der Waals surface area contributed by atoms with Crippen LogP contribution < -0.4 is 10.6 Å². The van der Waals surface area contributed by atoms with E-state index in [1.807, 2.05) is 25.1 Å². The summed E-state index contributed by atoms with van der Waals surface area (Å²) in [6.45, 7) is 2.63. The summed E-state index contributed by atoms with van der Waals surface area (Å²) in [6.07, 6.45) is 3.78. The summed E-state index contributed by atoms with van der Waals surface area (Å²) in [7, 11) is 0. The summed E-state index contributed by atoms with van der Waals surface area (Å²) >= 11 is 0. The van der Waals surface area contributed by atoms with Crippen molar-refractivity contribution in [3.8, 4) is 6.07 Å². The third kappa shape index (κ3) is 5.09. The van der Waals surface area contributed by atoms with Crippen molar-refractivity contribution in [1.29, 1.82) is 5.26 Å². The molecule has 5 heteroatoms. The summed E-state index contributed by atoms with van der Waals surface area (Å²) in [5.74, 6) is -0.0962. The number of aromatic nitrogens is 1. The maximum atomic E-state index is 11.4. The van der Waals surface area contributed by atoms with E-state index in [9.17, 15) is 4.79 Å². The highest BCUT2D eigenvalue weighted by Gasteiger charge is 2.06. The SMILES string of the molecule is C[C@H](NCC(=O)NCCC#N)c1ccncc1. The monoisotopic (exact) mass is 232 g/mol. The van der Waals surface area contributed by atoms with Gasteiger partial charge in [0, 0.05) is 25.0 Å². The molecule has 1 atom stereocenters. The predicted octanol–water partition coefficient (Wildman–Crippen LogP) is 0.762. The second kappa shape index (κ2) is 7.36. The lowest BCUT2D eigenvalue weighted by molar-refractivity contribution is -0.120. The fourth-order valence-electron chi connectivity index (χ4n) is 1.34. The van der Waals surface area contributed by atoms with Crippen LogP contribution in [0.4, 0.5) is 0 Å². The molecule has 1 rings (SSSR count). The Morgan fingerprint density at radius 2 is 2.24 bits per heavy atom. The highest BCUT2D eigenvalue weighted by molar-refractivity contribution is 5.78. The first-order valence-electron chi connectivity index (χ1n) is 5.51. The smallest absolute Gasteiger partial charge is 0.234 e. The quantitative estimate of drug-likeness (QED) is 0.710. The van der Waals surface area contributed by atoms with Gasteiger partial charge < -0.3 is 10.6 Å². The first-order chi connectivity index (χ1) is 8.24. The van der Waals surface area contributed by atoms with Crippen LogP contribution in [-0.2, 0) is 4.79 Å². The first kappa shape index (κ1) is 13.1. The molecule has 1 heterocycles. The number of pyridine rings is 1. The zero-order chi connectivity index (χ0) is 12.5. The van der Waals surface area contributed by atoms with Crippen LogP contribution in [0.3, 0.4) is 0 Å². The van der Waals surface area contributed by atoms with Gasteiger partial charge in [0.1, 0.15) is 0 Å². The van der Waals surface area contributed by atoms with Crippen LogP contribution in [0.5, 0.6) is 0 Å². The molecule has 17 heavy (non-hydrogen) atoms. The van der Waals surface area contributed by atoms with E-state index in [1.165, 1.54) is 0 Å². The Labute approximate surface area is 101 Å². The molecule has 1 aromatic rings. The van der Waals surface area contributed by atoms with Crippen molar-refractivity contribution in [2.75, 3.05) is 13.1 Å². The zero-order valence-electron chi connectivity index (χ0n) is 9.81. The third-order valence-electron chi connectivity index (χ3n) is 2.33. The molecule has 0 fully saturated rings. The van der Waals surface area contributed by atoms with Gasteiger partial charge in [-0.05, 0) is 24.6 Å². The van der Waals surface area contributed by atoms with E-state index in [0.29, 0.717) is 13.0 Å². The molecule has 5 nitrogen and oxygen atoms in total. The Balaban J connectivity index is 2.27. The lowest BCUT2D eigenvalue weighted by atomic mass is 10.1. The standard InChI is InChI=1S/C12H16N4O/c1-10(11-3-7-14-8-4-11)16-9-12(17)15-6-2-5-13/h3-4,7-8,10,16H,2,6,9H2,1H3,(H,15,17)/t10-/m0/s1. The van der Waals surface area contributed by atoms with Crippen LogP contribution >= 0.6 is 0 Å².